The highest BCUT2D eigenvalue weighted by atomic mass is 79.9. The molecule has 21 heavy (non-hydrogen) atoms. The molecule has 0 aliphatic heterocycles. The lowest BCUT2D eigenvalue weighted by atomic mass is 9.98. The molecule has 0 saturated heterocycles. The molecule has 2 rings (SSSR count). The summed E-state index contributed by atoms with van der Waals surface area (Å²) in [6, 6.07) is 14.7. The molecular weight excluding hydrogens is 394 g/mol. The van der Waals surface area contributed by atoms with E-state index in [4.69, 9.17) is 4.74 Å². The lowest BCUT2D eigenvalue weighted by Crippen LogP contribution is -2.22. The molecule has 0 amide bonds. The highest BCUT2D eigenvalue weighted by Crippen LogP contribution is 2.31. The van der Waals surface area contributed by atoms with E-state index in [0.717, 1.165) is 21.2 Å². The normalized spacial score (nSPS) is 12.2. The van der Waals surface area contributed by atoms with Crippen molar-refractivity contribution in [2.45, 2.75) is 19.9 Å². The fourth-order valence-electron chi connectivity index (χ4n) is 2.27. The molecule has 2 nitrogen and oxygen atoms in total. The van der Waals surface area contributed by atoms with Crippen molar-refractivity contribution < 1.29 is 4.74 Å². The number of hydrogen-bond acceptors (Lipinski definition) is 2. The highest BCUT2D eigenvalue weighted by molar-refractivity contribution is 9.11. The molecule has 4 heteroatoms. The van der Waals surface area contributed by atoms with Gasteiger partial charge in [-0.05, 0) is 54.9 Å². The van der Waals surface area contributed by atoms with Crippen molar-refractivity contribution >= 4 is 31.9 Å². The maximum Gasteiger partial charge on any atom is 0.119 e. The van der Waals surface area contributed by atoms with Gasteiger partial charge in [-0.15, -0.1) is 0 Å². The summed E-state index contributed by atoms with van der Waals surface area (Å²) in [5.41, 5.74) is 2.44. The summed E-state index contributed by atoms with van der Waals surface area (Å²) in [5.74, 6) is 0.907. The predicted octanol–water partition coefficient (Wildman–Crippen LogP) is 5.31. The van der Waals surface area contributed by atoms with Gasteiger partial charge in [-0.2, -0.15) is 0 Å². The Morgan fingerprint density at radius 1 is 1.05 bits per heavy atom. The Balaban J connectivity index is 2.35. The fourth-order valence-corrected chi connectivity index (χ4v) is 3.12. The predicted molar refractivity (Wildman–Crippen MR) is 95.0 cm³/mol. The van der Waals surface area contributed by atoms with Gasteiger partial charge >= 0.3 is 0 Å². The van der Waals surface area contributed by atoms with Crippen LogP contribution in [0.15, 0.2) is 51.4 Å². The van der Waals surface area contributed by atoms with Crippen LogP contribution in [-0.2, 0) is 0 Å². The molecule has 1 atom stereocenters. The summed E-state index contributed by atoms with van der Waals surface area (Å²) < 4.78 is 7.69. The second-order valence-corrected chi connectivity index (χ2v) is 6.43. The minimum absolute atomic E-state index is 0.151. The maximum absolute atomic E-state index is 5.51. The molecule has 0 saturated carbocycles. The molecule has 0 heterocycles. The van der Waals surface area contributed by atoms with Crippen molar-refractivity contribution in [3.05, 3.63) is 62.5 Å². The van der Waals surface area contributed by atoms with E-state index >= 15 is 0 Å². The molecule has 0 spiro atoms. The van der Waals surface area contributed by atoms with Crippen LogP contribution >= 0.6 is 31.9 Å². The Kier molecular flexibility index (Phi) is 6.27. The first-order valence-corrected chi connectivity index (χ1v) is 8.65. The van der Waals surface area contributed by atoms with E-state index in [1.165, 1.54) is 11.1 Å². The topological polar surface area (TPSA) is 21.3 Å². The largest absolute Gasteiger partial charge is 0.494 e. The molecule has 2 aromatic carbocycles. The Hall–Kier alpha value is -0.840. The van der Waals surface area contributed by atoms with Crippen molar-refractivity contribution in [1.29, 1.82) is 0 Å². The van der Waals surface area contributed by atoms with Crippen molar-refractivity contribution in [2.75, 3.05) is 13.2 Å². The third-order valence-electron chi connectivity index (χ3n) is 3.20. The van der Waals surface area contributed by atoms with Crippen LogP contribution in [0.5, 0.6) is 5.75 Å². The van der Waals surface area contributed by atoms with Crippen LogP contribution in [0.1, 0.15) is 31.0 Å². The van der Waals surface area contributed by atoms with Crippen molar-refractivity contribution in [3.8, 4) is 5.75 Å². The fraction of sp³-hybridized carbons (Fsp3) is 0.294. The molecule has 0 bridgehead atoms. The summed E-state index contributed by atoms with van der Waals surface area (Å²) in [7, 11) is 0. The van der Waals surface area contributed by atoms with E-state index < -0.39 is 0 Å². The number of hydrogen-bond donors (Lipinski definition) is 1. The molecule has 1 N–H and O–H groups in total. The van der Waals surface area contributed by atoms with E-state index in [9.17, 15) is 0 Å². The molecule has 0 radical (unpaired) electrons. The van der Waals surface area contributed by atoms with Crippen LogP contribution in [-0.4, -0.2) is 13.2 Å². The number of benzene rings is 2. The number of nitrogens with one attached hydrogen (secondary N) is 1. The van der Waals surface area contributed by atoms with E-state index in [-0.39, 0.29) is 6.04 Å². The van der Waals surface area contributed by atoms with Gasteiger partial charge in [0.1, 0.15) is 5.75 Å². The summed E-state index contributed by atoms with van der Waals surface area (Å²) in [5, 5.41) is 3.54. The first-order chi connectivity index (χ1) is 10.2. The lowest BCUT2D eigenvalue weighted by Gasteiger charge is -2.21. The quantitative estimate of drug-likeness (QED) is 0.694. The van der Waals surface area contributed by atoms with Gasteiger partial charge in [0.05, 0.1) is 12.6 Å². The number of ether oxygens (including phenoxy) is 1. The van der Waals surface area contributed by atoms with E-state index in [2.05, 4.69) is 68.4 Å². The van der Waals surface area contributed by atoms with Gasteiger partial charge in [0.25, 0.3) is 0 Å². The van der Waals surface area contributed by atoms with Crippen molar-refractivity contribution in [3.63, 3.8) is 0 Å². The van der Waals surface area contributed by atoms with E-state index in [0.29, 0.717) is 6.61 Å². The molecule has 0 aromatic heterocycles. The van der Waals surface area contributed by atoms with Gasteiger partial charge in [-0.3, -0.25) is 0 Å². The maximum atomic E-state index is 5.51. The molecule has 0 fully saturated rings. The molecular formula is C17H19Br2NO. The molecule has 1 unspecified atom stereocenters. The summed E-state index contributed by atoms with van der Waals surface area (Å²) in [4.78, 5) is 0. The monoisotopic (exact) mass is 411 g/mol. The van der Waals surface area contributed by atoms with Crippen LogP contribution in [0, 0.1) is 0 Å². The minimum atomic E-state index is 0.151. The Labute approximate surface area is 143 Å². The Morgan fingerprint density at radius 3 is 2.38 bits per heavy atom. The van der Waals surface area contributed by atoms with Gasteiger partial charge < -0.3 is 10.1 Å². The second kappa shape index (κ2) is 7.97. The molecule has 0 aliphatic rings. The van der Waals surface area contributed by atoms with Crippen LogP contribution in [0.2, 0.25) is 0 Å². The minimum Gasteiger partial charge on any atom is -0.494 e. The van der Waals surface area contributed by atoms with Crippen LogP contribution < -0.4 is 10.1 Å². The zero-order valence-corrected chi connectivity index (χ0v) is 15.4. The smallest absolute Gasteiger partial charge is 0.119 e. The first kappa shape index (κ1) is 16.5. The number of halogens is 2. The van der Waals surface area contributed by atoms with Crippen molar-refractivity contribution in [2.24, 2.45) is 0 Å². The highest BCUT2D eigenvalue weighted by Gasteiger charge is 2.16. The van der Waals surface area contributed by atoms with E-state index in [1.807, 2.05) is 25.1 Å². The number of rotatable bonds is 6. The standard InChI is InChI=1S/C17H19Br2NO/c1-3-20-17(15-11-13(18)7-10-16(15)19)12-5-8-14(9-6-12)21-4-2/h5-11,17,20H,3-4H2,1-2H3. The zero-order chi connectivity index (χ0) is 15.2. The average Bonchev–Trinajstić information content (AvgIpc) is 2.49. The third-order valence-corrected chi connectivity index (χ3v) is 4.42. The molecule has 0 aliphatic carbocycles. The Morgan fingerprint density at radius 2 is 1.76 bits per heavy atom. The molecule has 2 aromatic rings. The summed E-state index contributed by atoms with van der Waals surface area (Å²) in [6.07, 6.45) is 0. The van der Waals surface area contributed by atoms with Crippen LogP contribution in [0.3, 0.4) is 0 Å². The van der Waals surface area contributed by atoms with Gasteiger partial charge in [0.2, 0.25) is 0 Å². The van der Waals surface area contributed by atoms with Gasteiger partial charge in [-0.1, -0.05) is 50.9 Å². The summed E-state index contributed by atoms with van der Waals surface area (Å²) >= 11 is 7.20. The van der Waals surface area contributed by atoms with Gasteiger partial charge in [0.15, 0.2) is 0 Å². The van der Waals surface area contributed by atoms with E-state index in [1.54, 1.807) is 0 Å². The summed E-state index contributed by atoms with van der Waals surface area (Å²) in [6.45, 7) is 5.70. The van der Waals surface area contributed by atoms with Crippen LogP contribution in [0.4, 0.5) is 0 Å². The third kappa shape index (κ3) is 4.31. The lowest BCUT2D eigenvalue weighted by molar-refractivity contribution is 0.340. The first-order valence-electron chi connectivity index (χ1n) is 7.06. The average molecular weight is 413 g/mol. The SMILES string of the molecule is CCNC(c1ccc(OCC)cc1)c1cc(Br)ccc1Br. The second-order valence-electron chi connectivity index (χ2n) is 4.66. The van der Waals surface area contributed by atoms with Gasteiger partial charge in [-0.25, -0.2) is 0 Å². The van der Waals surface area contributed by atoms with Crippen LogP contribution in [0.25, 0.3) is 0 Å². The Bertz CT molecular complexity index is 584. The zero-order valence-electron chi connectivity index (χ0n) is 12.2. The molecule has 112 valence electrons. The van der Waals surface area contributed by atoms with Crippen molar-refractivity contribution in [1.82, 2.24) is 5.32 Å². The van der Waals surface area contributed by atoms with Gasteiger partial charge in [0, 0.05) is 8.95 Å².